The van der Waals surface area contributed by atoms with Gasteiger partial charge in [0.15, 0.2) is 11.2 Å². The predicted octanol–water partition coefficient (Wildman–Crippen LogP) is 3.39. The van der Waals surface area contributed by atoms with Gasteiger partial charge in [0.05, 0.1) is 12.0 Å². The van der Waals surface area contributed by atoms with Crippen LogP contribution in [0.2, 0.25) is 0 Å². The third-order valence-corrected chi connectivity index (χ3v) is 4.00. The van der Waals surface area contributed by atoms with Crippen LogP contribution in [0, 0.1) is 11.7 Å². The lowest BCUT2D eigenvalue weighted by atomic mass is 10.0. The summed E-state index contributed by atoms with van der Waals surface area (Å²) < 4.78 is 54.0. The molecule has 1 atom stereocenters. The molecule has 3 aromatic rings. The molecule has 5 nitrogen and oxygen atoms in total. The molecule has 0 aliphatic carbocycles. The second-order valence-corrected chi connectivity index (χ2v) is 6.30. The number of aryl methyl sites for hydroxylation is 1. The van der Waals surface area contributed by atoms with Crippen LogP contribution >= 0.6 is 0 Å². The minimum Gasteiger partial charge on any atom is -0.318 e. The van der Waals surface area contributed by atoms with E-state index < -0.39 is 29.9 Å². The van der Waals surface area contributed by atoms with Crippen LogP contribution in [-0.2, 0) is 13.5 Å². The minimum absolute atomic E-state index is 0.0623. The van der Waals surface area contributed by atoms with Gasteiger partial charge in [0.2, 0.25) is 0 Å². The van der Waals surface area contributed by atoms with E-state index in [1.54, 1.807) is 7.05 Å². The van der Waals surface area contributed by atoms with Crippen LogP contribution in [0.25, 0.3) is 16.9 Å². The fourth-order valence-corrected chi connectivity index (χ4v) is 2.87. The highest BCUT2D eigenvalue weighted by atomic mass is 19.4. The molecular weight excluding hydrogens is 352 g/mol. The fraction of sp³-hybridized carbons (Fsp3) is 0.353. The molecule has 26 heavy (non-hydrogen) atoms. The molecule has 0 amide bonds. The maximum atomic E-state index is 13.2. The van der Waals surface area contributed by atoms with Gasteiger partial charge < -0.3 is 4.57 Å². The van der Waals surface area contributed by atoms with E-state index in [-0.39, 0.29) is 17.8 Å². The summed E-state index contributed by atoms with van der Waals surface area (Å²) in [6.45, 7) is 1.45. The number of aromatic nitrogens is 4. The van der Waals surface area contributed by atoms with Crippen molar-refractivity contribution in [3.8, 4) is 5.69 Å². The largest absolute Gasteiger partial charge is 0.389 e. The summed E-state index contributed by atoms with van der Waals surface area (Å²) in [5, 5.41) is 0. The Morgan fingerprint density at radius 2 is 1.85 bits per heavy atom. The summed E-state index contributed by atoms with van der Waals surface area (Å²) in [5.74, 6) is -1.09. The monoisotopic (exact) mass is 368 g/mol. The van der Waals surface area contributed by atoms with E-state index in [9.17, 15) is 22.4 Å². The van der Waals surface area contributed by atoms with E-state index >= 15 is 0 Å². The molecule has 9 heteroatoms. The van der Waals surface area contributed by atoms with Crippen LogP contribution in [0.4, 0.5) is 17.6 Å². The zero-order chi connectivity index (χ0) is 19.1. The SMILES string of the molecule is CC(Cc1nc2c(ncn2C)c(=O)n1-c1ccc(F)cc1)CC(F)(F)F. The average molecular weight is 368 g/mol. The molecule has 0 N–H and O–H groups in total. The lowest BCUT2D eigenvalue weighted by Gasteiger charge is -2.17. The average Bonchev–Trinajstić information content (AvgIpc) is 2.89. The quantitative estimate of drug-likeness (QED) is 0.664. The van der Waals surface area contributed by atoms with Crippen molar-refractivity contribution in [1.29, 1.82) is 0 Å². The molecule has 0 bridgehead atoms. The highest BCUT2D eigenvalue weighted by Gasteiger charge is 2.31. The Hall–Kier alpha value is -2.71. The first kappa shape index (κ1) is 18.1. The summed E-state index contributed by atoms with van der Waals surface area (Å²) in [6.07, 6.45) is -3.95. The first-order chi connectivity index (χ1) is 12.2. The van der Waals surface area contributed by atoms with Crippen LogP contribution in [0.15, 0.2) is 35.4 Å². The number of hydrogen-bond donors (Lipinski definition) is 0. The van der Waals surface area contributed by atoms with Gasteiger partial charge >= 0.3 is 6.18 Å². The molecular formula is C17H16F4N4O. The summed E-state index contributed by atoms with van der Waals surface area (Å²) in [7, 11) is 1.65. The van der Waals surface area contributed by atoms with Gasteiger partial charge in [0, 0.05) is 19.9 Å². The second kappa shape index (κ2) is 6.54. The number of nitrogens with zero attached hydrogens (tertiary/aromatic N) is 4. The molecule has 3 rings (SSSR count). The number of benzene rings is 1. The van der Waals surface area contributed by atoms with Crippen LogP contribution in [0.5, 0.6) is 0 Å². The Kier molecular flexibility index (Phi) is 4.55. The van der Waals surface area contributed by atoms with Gasteiger partial charge in [-0.05, 0) is 30.2 Å². The molecule has 0 aliphatic heterocycles. The lowest BCUT2D eigenvalue weighted by molar-refractivity contribution is -0.143. The van der Waals surface area contributed by atoms with Gasteiger partial charge in [-0.25, -0.2) is 14.4 Å². The zero-order valence-corrected chi connectivity index (χ0v) is 14.1. The normalized spacial score (nSPS) is 13.3. The van der Waals surface area contributed by atoms with Gasteiger partial charge in [0.1, 0.15) is 11.6 Å². The molecule has 2 heterocycles. The Balaban J connectivity index is 2.15. The molecule has 0 aliphatic rings. The highest BCUT2D eigenvalue weighted by Crippen LogP contribution is 2.27. The number of alkyl halides is 3. The molecule has 1 aromatic carbocycles. The third kappa shape index (κ3) is 3.61. The van der Waals surface area contributed by atoms with E-state index in [4.69, 9.17) is 0 Å². The van der Waals surface area contributed by atoms with E-state index in [0.29, 0.717) is 11.3 Å². The number of fused-ring (bicyclic) bond motifs is 1. The van der Waals surface area contributed by atoms with Crippen molar-refractivity contribution < 1.29 is 17.6 Å². The number of halogens is 4. The minimum atomic E-state index is -4.31. The van der Waals surface area contributed by atoms with Gasteiger partial charge in [-0.15, -0.1) is 0 Å². The van der Waals surface area contributed by atoms with Crippen molar-refractivity contribution in [2.45, 2.75) is 25.9 Å². The van der Waals surface area contributed by atoms with Gasteiger partial charge in [-0.3, -0.25) is 9.36 Å². The Morgan fingerprint density at radius 3 is 2.46 bits per heavy atom. The van der Waals surface area contributed by atoms with Crippen molar-refractivity contribution in [1.82, 2.24) is 19.1 Å². The molecule has 0 saturated heterocycles. The Bertz CT molecular complexity index is 989. The first-order valence-electron chi connectivity index (χ1n) is 7.91. The molecule has 1 unspecified atom stereocenters. The Morgan fingerprint density at radius 1 is 1.19 bits per heavy atom. The summed E-state index contributed by atoms with van der Waals surface area (Å²) >= 11 is 0. The highest BCUT2D eigenvalue weighted by molar-refractivity contribution is 5.70. The van der Waals surface area contributed by atoms with Gasteiger partial charge in [-0.2, -0.15) is 13.2 Å². The smallest absolute Gasteiger partial charge is 0.318 e. The van der Waals surface area contributed by atoms with Crippen molar-refractivity contribution in [3.63, 3.8) is 0 Å². The van der Waals surface area contributed by atoms with Crippen LogP contribution < -0.4 is 5.56 Å². The van der Waals surface area contributed by atoms with E-state index in [1.165, 1.54) is 46.7 Å². The van der Waals surface area contributed by atoms with E-state index in [1.807, 2.05) is 0 Å². The maximum absolute atomic E-state index is 13.2. The molecule has 138 valence electrons. The third-order valence-electron chi connectivity index (χ3n) is 4.00. The standard InChI is InChI=1S/C17H16F4N4O/c1-10(8-17(19,20)21)7-13-23-15-14(22-9-24(15)2)16(26)25(13)12-5-3-11(18)4-6-12/h3-6,9-10H,7-8H2,1-2H3. The van der Waals surface area contributed by atoms with Crippen LogP contribution in [-0.4, -0.2) is 25.3 Å². The van der Waals surface area contributed by atoms with Crippen LogP contribution in [0.3, 0.4) is 0 Å². The van der Waals surface area contributed by atoms with Crippen molar-refractivity contribution in [3.05, 3.63) is 52.6 Å². The van der Waals surface area contributed by atoms with E-state index in [0.717, 1.165) is 0 Å². The molecule has 0 saturated carbocycles. The topological polar surface area (TPSA) is 52.7 Å². The lowest BCUT2D eigenvalue weighted by Crippen LogP contribution is -2.26. The number of rotatable bonds is 4. The van der Waals surface area contributed by atoms with Gasteiger partial charge in [0.25, 0.3) is 5.56 Å². The number of hydrogen-bond acceptors (Lipinski definition) is 3. The van der Waals surface area contributed by atoms with Crippen molar-refractivity contribution >= 4 is 11.2 Å². The first-order valence-corrected chi connectivity index (χ1v) is 7.91. The van der Waals surface area contributed by atoms with E-state index in [2.05, 4.69) is 9.97 Å². The zero-order valence-electron chi connectivity index (χ0n) is 14.1. The summed E-state index contributed by atoms with van der Waals surface area (Å²) in [4.78, 5) is 21.2. The summed E-state index contributed by atoms with van der Waals surface area (Å²) in [6, 6.07) is 5.11. The summed E-state index contributed by atoms with van der Waals surface area (Å²) in [5.41, 5.74) is 0.216. The van der Waals surface area contributed by atoms with Gasteiger partial charge in [-0.1, -0.05) is 6.92 Å². The van der Waals surface area contributed by atoms with Crippen molar-refractivity contribution in [2.24, 2.45) is 13.0 Å². The fourth-order valence-electron chi connectivity index (χ4n) is 2.87. The van der Waals surface area contributed by atoms with Crippen molar-refractivity contribution in [2.75, 3.05) is 0 Å². The molecule has 0 radical (unpaired) electrons. The van der Waals surface area contributed by atoms with Crippen LogP contribution in [0.1, 0.15) is 19.2 Å². The predicted molar refractivity (Wildman–Crippen MR) is 87.6 cm³/mol. The Labute approximate surface area is 145 Å². The number of imidazole rings is 1. The molecule has 0 fully saturated rings. The molecule has 0 spiro atoms. The second-order valence-electron chi connectivity index (χ2n) is 6.30. The molecule has 2 aromatic heterocycles. The maximum Gasteiger partial charge on any atom is 0.389 e.